The van der Waals surface area contributed by atoms with Crippen LogP contribution < -0.4 is 5.73 Å². The van der Waals surface area contributed by atoms with Gasteiger partial charge in [-0.1, -0.05) is 11.6 Å². The smallest absolute Gasteiger partial charge is 0.239 e. The molecule has 0 spiro atoms. The van der Waals surface area contributed by atoms with Crippen molar-refractivity contribution in [3.8, 4) is 0 Å². The molecule has 22 heavy (non-hydrogen) atoms. The quantitative estimate of drug-likeness (QED) is 0.862. The first-order valence-electron chi connectivity index (χ1n) is 6.81. The van der Waals surface area contributed by atoms with E-state index in [4.69, 9.17) is 17.3 Å². The Morgan fingerprint density at radius 3 is 2.86 bits per heavy atom. The van der Waals surface area contributed by atoms with Gasteiger partial charge in [-0.3, -0.25) is 4.79 Å². The van der Waals surface area contributed by atoms with Crippen LogP contribution >= 0.6 is 23.4 Å². The minimum absolute atomic E-state index is 0.125. The van der Waals surface area contributed by atoms with E-state index in [2.05, 4.69) is 0 Å². The maximum absolute atomic E-state index is 12.4. The van der Waals surface area contributed by atoms with Crippen LogP contribution in [0.1, 0.15) is 18.0 Å². The molecule has 0 fully saturated rings. The molecular formula is C14H19ClN2O3S2. The van der Waals surface area contributed by atoms with Crippen molar-refractivity contribution < 1.29 is 13.2 Å². The largest absolute Gasteiger partial charge is 0.336 e. The van der Waals surface area contributed by atoms with Gasteiger partial charge in [0.1, 0.15) is 0 Å². The van der Waals surface area contributed by atoms with Gasteiger partial charge in [-0.15, -0.1) is 0 Å². The van der Waals surface area contributed by atoms with E-state index in [0.29, 0.717) is 17.0 Å². The highest BCUT2D eigenvalue weighted by Gasteiger charge is 2.39. The van der Waals surface area contributed by atoms with E-state index in [1.54, 1.807) is 30.9 Å². The summed E-state index contributed by atoms with van der Waals surface area (Å²) in [4.78, 5) is 14.1. The third-order valence-electron chi connectivity index (χ3n) is 3.81. The molecule has 1 aromatic carbocycles. The summed E-state index contributed by atoms with van der Waals surface area (Å²) >= 11 is 7.59. The molecule has 2 rings (SSSR count). The van der Waals surface area contributed by atoms with Crippen molar-refractivity contribution in [3.05, 3.63) is 28.8 Å². The van der Waals surface area contributed by atoms with Gasteiger partial charge >= 0.3 is 0 Å². The van der Waals surface area contributed by atoms with Gasteiger partial charge in [0.05, 0.1) is 22.7 Å². The van der Waals surface area contributed by atoms with Gasteiger partial charge in [-0.05, 0) is 42.2 Å². The Morgan fingerprint density at radius 1 is 1.55 bits per heavy atom. The van der Waals surface area contributed by atoms with Crippen LogP contribution in [0.2, 0.25) is 5.02 Å². The third kappa shape index (κ3) is 3.42. The molecule has 0 saturated carbocycles. The average molecular weight is 363 g/mol. The van der Waals surface area contributed by atoms with Gasteiger partial charge in [0.25, 0.3) is 0 Å². The fourth-order valence-electron chi connectivity index (χ4n) is 2.55. The van der Waals surface area contributed by atoms with Gasteiger partial charge < -0.3 is 10.6 Å². The van der Waals surface area contributed by atoms with E-state index in [-0.39, 0.29) is 16.6 Å². The molecule has 1 aliphatic rings. The lowest BCUT2D eigenvalue weighted by Gasteiger charge is -2.27. The topological polar surface area (TPSA) is 80.5 Å². The molecule has 5 nitrogen and oxygen atoms in total. The first-order valence-corrected chi connectivity index (χ1v) is 10.2. The summed E-state index contributed by atoms with van der Waals surface area (Å²) < 4.78 is 24.5. The van der Waals surface area contributed by atoms with E-state index in [1.165, 1.54) is 11.0 Å². The Balaban J connectivity index is 2.27. The van der Waals surface area contributed by atoms with Gasteiger partial charge in [0.2, 0.25) is 5.91 Å². The molecule has 1 aliphatic heterocycles. The van der Waals surface area contributed by atoms with Gasteiger partial charge in [-0.25, -0.2) is 8.42 Å². The molecule has 0 aromatic heterocycles. The highest BCUT2D eigenvalue weighted by Crippen LogP contribution is 2.38. The predicted octanol–water partition coefficient (Wildman–Crippen LogP) is 1.71. The lowest BCUT2D eigenvalue weighted by Crippen LogP contribution is -2.44. The minimum Gasteiger partial charge on any atom is -0.336 e. The molecule has 2 N–H and O–H groups in total. The van der Waals surface area contributed by atoms with Crippen LogP contribution in [0.15, 0.2) is 23.1 Å². The monoisotopic (exact) mass is 362 g/mol. The van der Waals surface area contributed by atoms with Crippen LogP contribution in [-0.4, -0.2) is 50.1 Å². The van der Waals surface area contributed by atoms with Crippen molar-refractivity contribution in [1.29, 1.82) is 0 Å². The van der Waals surface area contributed by atoms with Crippen LogP contribution in [0, 0.1) is 0 Å². The number of hydrogen-bond donors (Lipinski definition) is 1. The molecule has 0 radical (unpaired) electrons. The van der Waals surface area contributed by atoms with Gasteiger partial charge in [0, 0.05) is 12.1 Å². The van der Waals surface area contributed by atoms with Crippen LogP contribution in [0.4, 0.5) is 0 Å². The van der Waals surface area contributed by atoms with E-state index >= 15 is 0 Å². The van der Waals surface area contributed by atoms with E-state index in [0.717, 1.165) is 5.75 Å². The molecule has 1 heterocycles. The fraction of sp³-hybridized carbons (Fsp3) is 0.500. The minimum atomic E-state index is -3.39. The normalized spacial score (nSPS) is 20.5. The van der Waals surface area contributed by atoms with Crippen molar-refractivity contribution in [1.82, 2.24) is 4.90 Å². The van der Waals surface area contributed by atoms with E-state index in [1.807, 2.05) is 6.26 Å². The molecule has 0 bridgehead atoms. The summed E-state index contributed by atoms with van der Waals surface area (Å²) in [6.45, 7) is 0. The summed E-state index contributed by atoms with van der Waals surface area (Å²) in [6, 6.07) is 3.50. The molecule has 8 heteroatoms. The number of thioether (sulfide) groups is 1. The van der Waals surface area contributed by atoms with Crippen molar-refractivity contribution in [2.24, 2.45) is 5.73 Å². The number of hydrogen-bond acceptors (Lipinski definition) is 5. The van der Waals surface area contributed by atoms with Crippen molar-refractivity contribution in [2.75, 3.05) is 24.8 Å². The number of rotatable bonds is 5. The van der Waals surface area contributed by atoms with E-state index in [9.17, 15) is 13.2 Å². The molecule has 2 unspecified atom stereocenters. The van der Waals surface area contributed by atoms with Crippen LogP contribution in [-0.2, 0) is 14.6 Å². The summed E-state index contributed by atoms with van der Waals surface area (Å²) in [6.07, 6.45) is 2.51. The first kappa shape index (κ1) is 17.6. The van der Waals surface area contributed by atoms with Gasteiger partial charge in [-0.2, -0.15) is 11.8 Å². The summed E-state index contributed by atoms with van der Waals surface area (Å²) in [5.74, 6) is 0.411. The maximum Gasteiger partial charge on any atom is 0.239 e. The number of fused-ring (bicyclic) bond motifs is 1. The summed E-state index contributed by atoms with van der Waals surface area (Å²) in [7, 11) is -1.80. The zero-order chi connectivity index (χ0) is 16.5. The second-order valence-corrected chi connectivity index (χ2v) is 8.74. The van der Waals surface area contributed by atoms with Gasteiger partial charge in [0.15, 0.2) is 9.84 Å². The number of carbonyl (C=O) groups excluding carboxylic acids is 1. The molecule has 2 atom stereocenters. The molecule has 1 aromatic rings. The number of sulfone groups is 1. The van der Waals surface area contributed by atoms with Crippen molar-refractivity contribution in [3.63, 3.8) is 0 Å². The number of nitrogens with zero attached hydrogens (tertiary/aromatic N) is 1. The number of halogens is 1. The number of nitrogens with two attached hydrogens (primary N) is 1. The fourth-order valence-corrected chi connectivity index (χ4v) is 5.05. The number of likely N-dealkylation sites (N-methyl/N-ethyl adjacent to an activating group) is 1. The predicted molar refractivity (Wildman–Crippen MR) is 90.0 cm³/mol. The highest BCUT2D eigenvalue weighted by atomic mass is 35.5. The number of carbonyl (C=O) groups is 1. The lowest BCUT2D eigenvalue weighted by molar-refractivity contribution is -0.133. The zero-order valence-electron chi connectivity index (χ0n) is 12.5. The van der Waals surface area contributed by atoms with Crippen molar-refractivity contribution in [2.45, 2.75) is 23.4 Å². The maximum atomic E-state index is 12.4. The Morgan fingerprint density at radius 2 is 2.23 bits per heavy atom. The van der Waals surface area contributed by atoms with Crippen LogP contribution in [0.25, 0.3) is 0 Å². The Hall–Kier alpha value is -0.760. The molecule has 1 amide bonds. The molecule has 0 saturated heterocycles. The summed E-state index contributed by atoms with van der Waals surface area (Å²) in [5.41, 5.74) is 6.48. The Kier molecular flexibility index (Phi) is 5.42. The third-order valence-corrected chi connectivity index (χ3v) is 6.48. The lowest BCUT2D eigenvalue weighted by atomic mass is 10.1. The van der Waals surface area contributed by atoms with Crippen molar-refractivity contribution >= 4 is 39.1 Å². The Bertz CT molecular complexity index is 679. The van der Waals surface area contributed by atoms with E-state index < -0.39 is 21.9 Å². The first-order chi connectivity index (χ1) is 10.3. The molecule has 0 aliphatic carbocycles. The number of benzene rings is 1. The second-order valence-electron chi connectivity index (χ2n) is 5.32. The molecule has 122 valence electrons. The Labute approximate surface area is 140 Å². The molecular weight excluding hydrogens is 344 g/mol. The standard InChI is InChI=1S/C14H19ClN2O3S2/c1-17(14(18)11(16)5-6-21-2)12-8-22(19,20)13-4-3-9(15)7-10(12)13/h3-4,7,11-12H,5-6,8,16H2,1-2H3. The van der Waals surface area contributed by atoms with Crippen LogP contribution in [0.5, 0.6) is 0 Å². The average Bonchev–Trinajstić information content (AvgIpc) is 2.74. The SMILES string of the molecule is CSCCC(N)C(=O)N(C)C1CS(=O)(=O)c2ccc(Cl)cc21. The highest BCUT2D eigenvalue weighted by molar-refractivity contribution is 7.98. The zero-order valence-corrected chi connectivity index (χ0v) is 14.8. The summed E-state index contributed by atoms with van der Waals surface area (Å²) in [5, 5.41) is 0.452. The van der Waals surface area contributed by atoms with Crippen LogP contribution in [0.3, 0.4) is 0 Å². The second kappa shape index (κ2) is 6.78. The number of amides is 1.